The van der Waals surface area contributed by atoms with Gasteiger partial charge in [0.1, 0.15) is 5.54 Å². The monoisotopic (exact) mass is 358 g/mol. The molecule has 2 unspecified atom stereocenters. The molecule has 1 aliphatic rings. The first-order valence-corrected chi connectivity index (χ1v) is 8.17. The summed E-state index contributed by atoms with van der Waals surface area (Å²) in [6.07, 6.45) is 4.89. The third-order valence-electron chi connectivity index (χ3n) is 4.21. The zero-order valence-electron chi connectivity index (χ0n) is 11.6. The summed E-state index contributed by atoms with van der Waals surface area (Å²) in [4.78, 5) is 12.0. The normalized spacial score (nSPS) is 26.2. The second-order valence-corrected chi connectivity index (χ2v) is 6.83. The quantitative estimate of drug-likeness (QED) is 0.840. The van der Waals surface area contributed by atoms with Crippen molar-refractivity contribution in [2.75, 3.05) is 5.32 Å². The van der Waals surface area contributed by atoms with Crippen molar-refractivity contribution >= 4 is 39.1 Å². The van der Waals surface area contributed by atoms with Crippen LogP contribution >= 0.6 is 27.5 Å². The molecule has 2 atom stereocenters. The zero-order valence-corrected chi connectivity index (χ0v) is 13.9. The summed E-state index contributed by atoms with van der Waals surface area (Å²) in [7, 11) is 0. The first-order valence-electron chi connectivity index (χ1n) is 7.00. The van der Waals surface area contributed by atoms with Gasteiger partial charge in [-0.15, -0.1) is 0 Å². The standard InChI is InChI=1S/C15H20BrClN2O/c1-2-10-4-3-7-15(9-10,14(18)20)19-11-5-6-13(17)12(16)8-11/h5-6,8,10,19H,2-4,7,9H2,1H3,(H2,18,20). The molecule has 1 amide bonds. The Morgan fingerprint density at radius 1 is 1.60 bits per heavy atom. The van der Waals surface area contributed by atoms with E-state index >= 15 is 0 Å². The van der Waals surface area contributed by atoms with Crippen LogP contribution in [0.15, 0.2) is 22.7 Å². The van der Waals surface area contributed by atoms with E-state index in [1.807, 2.05) is 18.2 Å². The van der Waals surface area contributed by atoms with Crippen molar-refractivity contribution in [2.24, 2.45) is 11.7 Å². The molecule has 0 heterocycles. The number of rotatable bonds is 4. The largest absolute Gasteiger partial charge is 0.371 e. The Balaban J connectivity index is 2.24. The van der Waals surface area contributed by atoms with Gasteiger partial charge in [-0.1, -0.05) is 37.8 Å². The van der Waals surface area contributed by atoms with Crippen LogP contribution in [0.2, 0.25) is 5.02 Å². The molecule has 5 heteroatoms. The molecule has 1 aliphatic carbocycles. The number of nitrogens with two attached hydrogens (primary N) is 1. The lowest BCUT2D eigenvalue weighted by Crippen LogP contribution is -2.53. The van der Waals surface area contributed by atoms with Crippen molar-refractivity contribution < 1.29 is 4.79 Å². The van der Waals surface area contributed by atoms with E-state index in [0.29, 0.717) is 10.9 Å². The van der Waals surface area contributed by atoms with E-state index < -0.39 is 5.54 Å². The number of primary amides is 1. The van der Waals surface area contributed by atoms with Gasteiger partial charge in [0.05, 0.1) is 5.02 Å². The van der Waals surface area contributed by atoms with E-state index in [2.05, 4.69) is 28.2 Å². The van der Waals surface area contributed by atoms with E-state index in [4.69, 9.17) is 17.3 Å². The lowest BCUT2D eigenvalue weighted by atomic mass is 9.74. The van der Waals surface area contributed by atoms with Gasteiger partial charge in [-0.05, 0) is 52.9 Å². The van der Waals surface area contributed by atoms with Crippen molar-refractivity contribution in [3.8, 4) is 0 Å². The highest BCUT2D eigenvalue weighted by Gasteiger charge is 2.40. The number of benzene rings is 1. The highest BCUT2D eigenvalue weighted by Crippen LogP contribution is 2.37. The van der Waals surface area contributed by atoms with E-state index in [0.717, 1.165) is 35.8 Å². The molecule has 0 spiro atoms. The molecular weight excluding hydrogens is 340 g/mol. The SMILES string of the molecule is CCC1CCCC(Nc2ccc(Cl)c(Br)c2)(C(N)=O)C1. The van der Waals surface area contributed by atoms with E-state index in [1.165, 1.54) is 6.42 Å². The molecule has 2 rings (SSSR count). The van der Waals surface area contributed by atoms with Gasteiger partial charge in [0, 0.05) is 10.2 Å². The highest BCUT2D eigenvalue weighted by atomic mass is 79.9. The summed E-state index contributed by atoms with van der Waals surface area (Å²) >= 11 is 9.40. The summed E-state index contributed by atoms with van der Waals surface area (Å²) in [5, 5.41) is 4.01. The number of amides is 1. The predicted molar refractivity (Wildman–Crippen MR) is 86.9 cm³/mol. The molecule has 110 valence electrons. The minimum Gasteiger partial charge on any atom is -0.371 e. The number of halogens is 2. The summed E-state index contributed by atoms with van der Waals surface area (Å²) in [6.45, 7) is 2.17. The summed E-state index contributed by atoms with van der Waals surface area (Å²) in [5.74, 6) is 0.293. The second-order valence-electron chi connectivity index (χ2n) is 5.57. The number of hydrogen-bond acceptors (Lipinski definition) is 2. The maximum absolute atomic E-state index is 12.0. The van der Waals surface area contributed by atoms with Crippen LogP contribution in [0.3, 0.4) is 0 Å². The van der Waals surface area contributed by atoms with Crippen LogP contribution in [0.4, 0.5) is 5.69 Å². The molecule has 3 N–H and O–H groups in total. The van der Waals surface area contributed by atoms with E-state index in [-0.39, 0.29) is 5.91 Å². The molecule has 20 heavy (non-hydrogen) atoms. The average Bonchev–Trinajstić information content (AvgIpc) is 2.43. The Morgan fingerprint density at radius 2 is 2.35 bits per heavy atom. The second kappa shape index (κ2) is 6.35. The van der Waals surface area contributed by atoms with Gasteiger partial charge in [-0.2, -0.15) is 0 Å². The molecule has 1 aromatic carbocycles. The van der Waals surface area contributed by atoms with Crippen molar-refractivity contribution in [1.29, 1.82) is 0 Å². The van der Waals surface area contributed by atoms with Gasteiger partial charge in [0.25, 0.3) is 0 Å². The van der Waals surface area contributed by atoms with Gasteiger partial charge in [-0.3, -0.25) is 4.79 Å². The van der Waals surface area contributed by atoms with Crippen molar-refractivity contribution in [1.82, 2.24) is 0 Å². The summed E-state index contributed by atoms with van der Waals surface area (Å²) in [6, 6.07) is 5.58. The van der Waals surface area contributed by atoms with Gasteiger partial charge < -0.3 is 11.1 Å². The maximum atomic E-state index is 12.0. The molecule has 0 bridgehead atoms. The number of nitrogens with one attached hydrogen (secondary N) is 1. The van der Waals surface area contributed by atoms with Gasteiger partial charge in [0.2, 0.25) is 5.91 Å². The van der Waals surface area contributed by atoms with Crippen molar-refractivity contribution in [3.63, 3.8) is 0 Å². The van der Waals surface area contributed by atoms with Gasteiger partial charge in [-0.25, -0.2) is 0 Å². The lowest BCUT2D eigenvalue weighted by molar-refractivity contribution is -0.123. The minimum atomic E-state index is -0.633. The average molecular weight is 360 g/mol. The van der Waals surface area contributed by atoms with E-state index in [9.17, 15) is 4.79 Å². The molecule has 1 fully saturated rings. The number of anilines is 1. The summed E-state index contributed by atoms with van der Waals surface area (Å²) < 4.78 is 0.812. The fraction of sp³-hybridized carbons (Fsp3) is 0.533. The lowest BCUT2D eigenvalue weighted by Gasteiger charge is -2.39. The first kappa shape index (κ1) is 15.6. The molecular formula is C15H20BrClN2O. The third kappa shape index (κ3) is 3.29. The van der Waals surface area contributed by atoms with Gasteiger partial charge in [0.15, 0.2) is 0 Å². The number of carbonyl (C=O) groups excluding carboxylic acids is 1. The van der Waals surface area contributed by atoms with Gasteiger partial charge >= 0.3 is 0 Å². The molecule has 3 nitrogen and oxygen atoms in total. The Hall–Kier alpha value is -0.740. The highest BCUT2D eigenvalue weighted by molar-refractivity contribution is 9.10. The van der Waals surface area contributed by atoms with Crippen molar-refractivity contribution in [2.45, 2.75) is 44.6 Å². The molecule has 0 aromatic heterocycles. The maximum Gasteiger partial charge on any atom is 0.243 e. The van der Waals surface area contributed by atoms with Crippen LogP contribution in [-0.2, 0) is 4.79 Å². The van der Waals surface area contributed by atoms with Crippen LogP contribution in [0.1, 0.15) is 39.0 Å². The Kier molecular flexibility index (Phi) is 4.97. The molecule has 0 aliphatic heterocycles. The first-order chi connectivity index (χ1) is 9.47. The smallest absolute Gasteiger partial charge is 0.243 e. The molecule has 1 aromatic rings. The van der Waals surface area contributed by atoms with Crippen molar-refractivity contribution in [3.05, 3.63) is 27.7 Å². The third-order valence-corrected chi connectivity index (χ3v) is 5.42. The molecule has 0 saturated heterocycles. The fourth-order valence-corrected chi connectivity index (χ4v) is 3.48. The predicted octanol–water partition coefficient (Wildman–Crippen LogP) is 4.34. The minimum absolute atomic E-state index is 0.262. The Labute approximate surface area is 133 Å². The number of hydrogen-bond donors (Lipinski definition) is 2. The molecule has 0 radical (unpaired) electrons. The Bertz CT molecular complexity index is 509. The fourth-order valence-electron chi connectivity index (χ4n) is 2.99. The topological polar surface area (TPSA) is 55.1 Å². The zero-order chi connectivity index (χ0) is 14.8. The number of carbonyl (C=O) groups is 1. The Morgan fingerprint density at radius 3 is 2.95 bits per heavy atom. The van der Waals surface area contributed by atoms with Crippen LogP contribution in [0.5, 0.6) is 0 Å². The van der Waals surface area contributed by atoms with Crippen LogP contribution in [0.25, 0.3) is 0 Å². The van der Waals surface area contributed by atoms with E-state index in [1.54, 1.807) is 0 Å². The molecule has 1 saturated carbocycles. The van der Waals surface area contributed by atoms with Crippen LogP contribution < -0.4 is 11.1 Å². The van der Waals surface area contributed by atoms with Crippen LogP contribution in [0, 0.1) is 5.92 Å². The van der Waals surface area contributed by atoms with Crippen LogP contribution in [-0.4, -0.2) is 11.4 Å². The summed E-state index contributed by atoms with van der Waals surface area (Å²) in [5.41, 5.74) is 5.93.